The van der Waals surface area contributed by atoms with Crippen LogP contribution in [0.25, 0.3) is 33.5 Å². The van der Waals surface area contributed by atoms with Crippen LogP contribution in [0.2, 0.25) is 0 Å². The molecule has 0 atom stereocenters. The second-order valence-electron chi connectivity index (χ2n) is 9.56. The molecule has 0 aliphatic carbocycles. The summed E-state index contributed by atoms with van der Waals surface area (Å²) in [6.45, 7) is 0. The number of urea groups is 1. The minimum absolute atomic E-state index is 0.0227. The van der Waals surface area contributed by atoms with Crippen LogP contribution >= 0.6 is 0 Å². The third kappa shape index (κ3) is 6.44. The minimum atomic E-state index is -4.42. The number of hydrogen-bond donors (Lipinski definition) is 7. The number of carbonyl (C=O) groups is 2. The molecule has 0 bridgehead atoms. The van der Waals surface area contributed by atoms with Crippen LogP contribution in [0.5, 0.6) is 5.75 Å². The van der Waals surface area contributed by atoms with Crippen LogP contribution in [0.15, 0.2) is 84.0 Å². The van der Waals surface area contributed by atoms with Gasteiger partial charge in [-0.05, 0) is 66.1 Å². The molecular weight excluding hydrogens is 572 g/mol. The Hall–Kier alpha value is -5.76. The molecule has 0 aliphatic heterocycles. The number of fused-ring (bicyclic) bond motifs is 1. The molecule has 0 spiro atoms. The maximum Gasteiger partial charge on any atom is 0.316 e. The zero-order valence-corrected chi connectivity index (χ0v) is 23.3. The van der Waals surface area contributed by atoms with Crippen molar-refractivity contribution in [2.45, 2.75) is 17.7 Å². The monoisotopic (exact) mass is 598 g/mol. The number of aromatic amines is 1. The van der Waals surface area contributed by atoms with E-state index in [1.807, 2.05) is 0 Å². The van der Waals surface area contributed by atoms with Gasteiger partial charge in [0.1, 0.15) is 17.4 Å². The molecule has 5 rings (SSSR count). The van der Waals surface area contributed by atoms with E-state index in [4.69, 9.17) is 16.9 Å². The summed E-state index contributed by atoms with van der Waals surface area (Å²) in [4.78, 5) is 35.3. The van der Waals surface area contributed by atoms with Gasteiger partial charge in [0.15, 0.2) is 0 Å². The summed E-state index contributed by atoms with van der Waals surface area (Å²) in [5.74, 6) is -1.07. The quantitative estimate of drug-likeness (QED) is 0.0981. The number of nitrogen functional groups attached to an aromatic ring is 1. The van der Waals surface area contributed by atoms with Crippen molar-refractivity contribution in [1.82, 2.24) is 19.7 Å². The molecular formula is C29H26N8O5S. The van der Waals surface area contributed by atoms with E-state index in [0.29, 0.717) is 27.8 Å². The number of pyridine rings is 1. The van der Waals surface area contributed by atoms with Gasteiger partial charge < -0.3 is 26.9 Å². The number of phenolic OH excluding ortho intramolecular Hbond substituents is 1. The fourth-order valence-electron chi connectivity index (χ4n) is 4.44. The van der Waals surface area contributed by atoms with Crippen molar-refractivity contribution in [3.8, 4) is 28.3 Å². The molecule has 14 heteroatoms. The Labute approximate surface area is 245 Å². The third-order valence-electron chi connectivity index (χ3n) is 6.49. The van der Waals surface area contributed by atoms with Crippen LogP contribution < -0.4 is 21.5 Å². The molecule has 0 aliphatic rings. The first-order valence-electron chi connectivity index (χ1n) is 12.8. The summed E-state index contributed by atoms with van der Waals surface area (Å²) in [7, 11) is -4.42. The summed E-state index contributed by atoms with van der Waals surface area (Å²) in [6, 6.07) is 16.2. The van der Waals surface area contributed by atoms with E-state index in [2.05, 4.69) is 25.0 Å². The maximum absolute atomic E-state index is 13.5. The predicted octanol–water partition coefficient (Wildman–Crippen LogP) is 3.21. The van der Waals surface area contributed by atoms with Crippen LogP contribution in [0.3, 0.4) is 0 Å². The number of nitrogens with one attached hydrogen (secondary N) is 4. The fourth-order valence-corrected chi connectivity index (χ4v) is 5.50. The Bertz CT molecular complexity index is 1990. The largest absolute Gasteiger partial charge is 0.507 e. The van der Waals surface area contributed by atoms with Crippen LogP contribution in [0.4, 0.5) is 10.5 Å². The van der Waals surface area contributed by atoms with Gasteiger partial charge in [0, 0.05) is 35.6 Å². The van der Waals surface area contributed by atoms with E-state index in [1.54, 1.807) is 60.9 Å². The van der Waals surface area contributed by atoms with Crippen LogP contribution in [-0.4, -0.2) is 46.3 Å². The van der Waals surface area contributed by atoms with Crippen molar-refractivity contribution in [3.05, 3.63) is 90.3 Å². The molecule has 2 heterocycles. The Balaban J connectivity index is 1.58. The Morgan fingerprint density at radius 3 is 2.51 bits per heavy atom. The van der Waals surface area contributed by atoms with E-state index in [1.165, 1.54) is 18.2 Å². The smallest absolute Gasteiger partial charge is 0.316 e. The van der Waals surface area contributed by atoms with Gasteiger partial charge in [-0.3, -0.25) is 15.2 Å². The molecule has 43 heavy (non-hydrogen) atoms. The van der Waals surface area contributed by atoms with Gasteiger partial charge >= 0.3 is 6.03 Å². The zero-order valence-electron chi connectivity index (χ0n) is 22.5. The standard InChI is InChI=1S/C29H26N8O5S/c30-27(31)18-7-8-23-24(12-18)36-28(35-23)22-14-20(43(41,42)37-25(38)9-6-16-3-2-10-33-15-16)13-21(26(22)39)17-4-1-5-19(11-17)34-29(32)40/h1-5,7-8,10-15,39H,6,9H2,(H3,30,31)(H,35,36)(H,37,38)(H3,32,34,40). The summed E-state index contributed by atoms with van der Waals surface area (Å²) in [6.07, 6.45) is 3.36. The average molecular weight is 599 g/mol. The fraction of sp³-hybridized carbons (Fsp3) is 0.0690. The van der Waals surface area contributed by atoms with Crippen molar-refractivity contribution < 1.29 is 23.1 Å². The van der Waals surface area contributed by atoms with Crippen molar-refractivity contribution in [3.63, 3.8) is 0 Å². The first-order chi connectivity index (χ1) is 20.5. The number of sulfonamides is 1. The number of imidazole rings is 1. The first-order valence-corrected chi connectivity index (χ1v) is 14.3. The Morgan fingerprint density at radius 1 is 1.00 bits per heavy atom. The van der Waals surface area contributed by atoms with Crippen molar-refractivity contribution in [2.75, 3.05) is 5.32 Å². The average Bonchev–Trinajstić information content (AvgIpc) is 3.39. The van der Waals surface area contributed by atoms with Crippen molar-refractivity contribution in [1.29, 1.82) is 5.41 Å². The summed E-state index contributed by atoms with van der Waals surface area (Å²) < 4.78 is 29.0. The lowest BCUT2D eigenvalue weighted by Crippen LogP contribution is -2.30. The number of phenols is 1. The van der Waals surface area contributed by atoms with Crippen LogP contribution in [-0.2, 0) is 21.2 Å². The highest BCUT2D eigenvalue weighted by Crippen LogP contribution is 2.40. The van der Waals surface area contributed by atoms with Crippen molar-refractivity contribution in [2.24, 2.45) is 11.5 Å². The molecule has 0 unspecified atom stereocenters. The highest BCUT2D eigenvalue weighted by atomic mass is 32.2. The second-order valence-corrected chi connectivity index (χ2v) is 11.2. The molecule has 0 saturated heterocycles. The molecule has 0 radical (unpaired) electrons. The van der Waals surface area contributed by atoms with E-state index >= 15 is 0 Å². The predicted molar refractivity (Wildman–Crippen MR) is 161 cm³/mol. The SMILES string of the molecule is N=C(N)c1ccc2nc(-c3cc(S(=O)(=O)NC(=O)CCc4cccnc4)cc(-c4cccc(NC(N)=O)c4)c3O)[nH]c2c1. The first kappa shape index (κ1) is 28.8. The number of nitrogens with zero attached hydrogens (tertiary/aromatic N) is 2. The number of rotatable bonds is 9. The van der Waals surface area contributed by atoms with E-state index in [0.717, 1.165) is 5.56 Å². The number of hydrogen-bond acceptors (Lipinski definition) is 8. The van der Waals surface area contributed by atoms with Gasteiger partial charge in [0.05, 0.1) is 21.5 Å². The lowest BCUT2D eigenvalue weighted by Gasteiger charge is -2.14. The van der Waals surface area contributed by atoms with Crippen LogP contribution in [0, 0.1) is 5.41 Å². The lowest BCUT2D eigenvalue weighted by molar-refractivity contribution is -0.119. The maximum atomic E-state index is 13.5. The van der Waals surface area contributed by atoms with Gasteiger partial charge in [0.25, 0.3) is 10.0 Å². The summed E-state index contributed by atoms with van der Waals surface area (Å²) in [5.41, 5.74) is 13.8. The number of aromatic nitrogens is 3. The number of aryl methyl sites for hydroxylation is 1. The number of benzene rings is 3. The summed E-state index contributed by atoms with van der Waals surface area (Å²) >= 11 is 0. The highest BCUT2D eigenvalue weighted by Gasteiger charge is 2.24. The topological polar surface area (TPSA) is 230 Å². The Morgan fingerprint density at radius 2 is 1.79 bits per heavy atom. The van der Waals surface area contributed by atoms with Gasteiger partial charge in [-0.25, -0.2) is 22.9 Å². The number of amidine groups is 1. The van der Waals surface area contributed by atoms with Gasteiger partial charge in [-0.2, -0.15) is 0 Å². The Kier molecular flexibility index (Phi) is 7.77. The number of aromatic hydroxyl groups is 1. The minimum Gasteiger partial charge on any atom is -0.507 e. The van der Waals surface area contributed by atoms with E-state index in [9.17, 15) is 23.1 Å². The van der Waals surface area contributed by atoms with Crippen LogP contribution in [0.1, 0.15) is 17.5 Å². The molecule has 0 fully saturated rings. The molecule has 9 N–H and O–H groups in total. The number of carbonyl (C=O) groups excluding carboxylic acids is 2. The molecule has 3 aromatic carbocycles. The molecule has 2 aromatic heterocycles. The van der Waals surface area contributed by atoms with E-state index in [-0.39, 0.29) is 46.3 Å². The second kappa shape index (κ2) is 11.6. The number of primary amides is 1. The number of H-pyrrole nitrogens is 1. The zero-order chi connectivity index (χ0) is 30.7. The van der Waals surface area contributed by atoms with E-state index < -0.39 is 22.0 Å². The normalized spacial score (nSPS) is 11.3. The van der Waals surface area contributed by atoms with Crippen molar-refractivity contribution >= 4 is 44.5 Å². The molecule has 5 aromatic rings. The molecule has 3 amide bonds. The van der Waals surface area contributed by atoms with Gasteiger partial charge in [0.2, 0.25) is 5.91 Å². The number of amides is 3. The van der Waals surface area contributed by atoms with Gasteiger partial charge in [-0.1, -0.05) is 18.2 Å². The highest BCUT2D eigenvalue weighted by molar-refractivity contribution is 7.90. The molecule has 218 valence electrons. The summed E-state index contributed by atoms with van der Waals surface area (Å²) in [5, 5.41) is 21.5. The lowest BCUT2D eigenvalue weighted by atomic mass is 10.0. The molecule has 13 nitrogen and oxygen atoms in total. The third-order valence-corrected chi connectivity index (χ3v) is 7.85. The van der Waals surface area contributed by atoms with Gasteiger partial charge in [-0.15, -0.1) is 0 Å². The molecule has 0 saturated carbocycles. The number of anilines is 1. The number of nitrogens with two attached hydrogens (primary N) is 2.